The first-order valence-corrected chi connectivity index (χ1v) is 11.8. The van der Waals surface area contributed by atoms with Gasteiger partial charge in [-0.1, -0.05) is 34.1 Å². The van der Waals surface area contributed by atoms with Crippen LogP contribution < -0.4 is 0 Å². The smallest absolute Gasteiger partial charge is 0.309 e. The molecule has 0 radical (unpaired) electrons. The van der Waals surface area contributed by atoms with Gasteiger partial charge in [-0.05, 0) is 80.6 Å². The summed E-state index contributed by atoms with van der Waals surface area (Å²) in [5, 5.41) is 10.1. The van der Waals surface area contributed by atoms with Crippen LogP contribution in [0.15, 0.2) is 11.1 Å². The van der Waals surface area contributed by atoms with Crippen LogP contribution in [0.3, 0.4) is 0 Å². The number of hydrogen-bond acceptors (Lipinski definition) is 2. The highest BCUT2D eigenvalue weighted by molar-refractivity contribution is 5.98. The largest absolute Gasteiger partial charge is 0.481 e. The topological polar surface area (TPSA) is 57.6 Å². The molecule has 3 aliphatic carbocycles. The Hall–Kier alpha value is -1.32. The van der Waals surface area contributed by atoms with Gasteiger partial charge >= 0.3 is 5.97 Å². The Morgan fingerprint density at radius 3 is 2.52 bits per heavy atom. The van der Waals surface area contributed by atoms with Gasteiger partial charge in [0.15, 0.2) is 0 Å². The number of fused-ring (bicyclic) bond motifs is 4. The van der Waals surface area contributed by atoms with Crippen molar-refractivity contribution in [2.45, 2.75) is 86.0 Å². The fourth-order valence-corrected chi connectivity index (χ4v) is 7.98. The van der Waals surface area contributed by atoms with Crippen LogP contribution in [-0.2, 0) is 9.59 Å². The molecule has 2 fully saturated rings. The first-order valence-electron chi connectivity index (χ1n) is 11.8. The summed E-state index contributed by atoms with van der Waals surface area (Å²) in [5.74, 6) is 0.904. The molecule has 0 spiro atoms. The van der Waals surface area contributed by atoms with Gasteiger partial charge in [0, 0.05) is 24.1 Å². The zero-order valence-electron chi connectivity index (χ0n) is 19.0. The molecule has 162 valence electrons. The summed E-state index contributed by atoms with van der Waals surface area (Å²) in [4.78, 5) is 27.8. The number of carbonyl (C=O) groups excluding carboxylic acids is 1. The highest BCUT2D eigenvalue weighted by atomic mass is 16.4. The fraction of sp³-hybridized carbons (Fsp3) is 0.840. The van der Waals surface area contributed by atoms with Crippen molar-refractivity contribution in [2.75, 3.05) is 13.1 Å². The van der Waals surface area contributed by atoms with Crippen LogP contribution in [0.2, 0.25) is 0 Å². The lowest BCUT2D eigenvalue weighted by Gasteiger charge is -2.63. The third kappa shape index (κ3) is 2.91. The van der Waals surface area contributed by atoms with Crippen LogP contribution in [0.25, 0.3) is 0 Å². The summed E-state index contributed by atoms with van der Waals surface area (Å²) in [7, 11) is 0. The summed E-state index contributed by atoms with van der Waals surface area (Å²) in [6.07, 6.45) is 7.98. The first-order chi connectivity index (χ1) is 13.5. The predicted octanol–water partition coefficient (Wildman–Crippen LogP) is 5.28. The maximum Gasteiger partial charge on any atom is 0.309 e. The summed E-state index contributed by atoms with van der Waals surface area (Å²) in [5.41, 5.74) is 1.82. The SMILES string of the molecule is CC(C)CCN1CC2=C(C1=O)C1(C)CCC3C(C)(C(=O)O)CCCC3(C)C1CC2. The number of nitrogens with zero attached hydrogens (tertiary/aromatic N) is 1. The molecule has 1 heterocycles. The van der Waals surface area contributed by atoms with Crippen molar-refractivity contribution in [3.63, 3.8) is 0 Å². The third-order valence-corrected chi connectivity index (χ3v) is 9.50. The van der Waals surface area contributed by atoms with Crippen LogP contribution >= 0.6 is 0 Å². The normalized spacial score (nSPS) is 42.0. The van der Waals surface area contributed by atoms with Crippen molar-refractivity contribution < 1.29 is 14.7 Å². The summed E-state index contributed by atoms with van der Waals surface area (Å²) >= 11 is 0. The minimum Gasteiger partial charge on any atom is -0.481 e. The fourth-order valence-electron chi connectivity index (χ4n) is 7.98. The van der Waals surface area contributed by atoms with E-state index >= 15 is 0 Å². The van der Waals surface area contributed by atoms with E-state index in [1.807, 2.05) is 6.92 Å². The minimum atomic E-state index is -0.621. The maximum atomic E-state index is 13.5. The Kier molecular flexibility index (Phi) is 4.94. The quantitative estimate of drug-likeness (QED) is 0.697. The van der Waals surface area contributed by atoms with Crippen molar-refractivity contribution in [1.82, 2.24) is 4.90 Å². The lowest BCUT2D eigenvalue weighted by molar-refractivity contribution is -0.175. The van der Waals surface area contributed by atoms with E-state index in [2.05, 4.69) is 32.6 Å². The van der Waals surface area contributed by atoms with Crippen molar-refractivity contribution in [2.24, 2.45) is 34.0 Å². The second-order valence-electron chi connectivity index (χ2n) is 11.6. The summed E-state index contributed by atoms with van der Waals surface area (Å²) in [6, 6.07) is 0. The molecule has 29 heavy (non-hydrogen) atoms. The second kappa shape index (κ2) is 6.85. The molecule has 1 aliphatic heterocycles. The number of rotatable bonds is 4. The standard InChI is InChI=1S/C25H39NO3/c1-16(2)10-14-26-15-17-7-8-18-23(3)11-6-12-25(5,22(28)29)19(23)9-13-24(18,4)20(17)21(26)27/h16,18-19H,6-15H2,1-5H3,(H,28,29). The molecule has 2 saturated carbocycles. The van der Waals surface area contributed by atoms with E-state index in [0.29, 0.717) is 11.8 Å². The van der Waals surface area contributed by atoms with Gasteiger partial charge in [-0.2, -0.15) is 0 Å². The molecule has 5 unspecified atom stereocenters. The molecule has 4 heteroatoms. The number of carboxylic acids is 1. The molecule has 0 saturated heterocycles. The Labute approximate surface area is 176 Å². The van der Waals surface area contributed by atoms with Gasteiger partial charge in [-0.25, -0.2) is 0 Å². The van der Waals surface area contributed by atoms with Crippen LogP contribution in [0.5, 0.6) is 0 Å². The van der Waals surface area contributed by atoms with E-state index in [1.54, 1.807) is 0 Å². The predicted molar refractivity (Wildman–Crippen MR) is 114 cm³/mol. The summed E-state index contributed by atoms with van der Waals surface area (Å²) in [6.45, 7) is 12.8. The van der Waals surface area contributed by atoms with Crippen LogP contribution in [-0.4, -0.2) is 35.0 Å². The van der Waals surface area contributed by atoms with Crippen LogP contribution in [0, 0.1) is 34.0 Å². The molecule has 0 aromatic carbocycles. The van der Waals surface area contributed by atoms with Crippen molar-refractivity contribution >= 4 is 11.9 Å². The molecule has 4 aliphatic rings. The number of amides is 1. The number of carboxylic acid groups (broad SMARTS) is 1. The second-order valence-corrected chi connectivity index (χ2v) is 11.6. The molecule has 4 nitrogen and oxygen atoms in total. The van der Waals surface area contributed by atoms with E-state index in [-0.39, 0.29) is 22.7 Å². The number of aliphatic carboxylic acids is 1. The average Bonchev–Trinajstić information content (AvgIpc) is 2.96. The molecule has 1 amide bonds. The molecule has 0 bridgehead atoms. The van der Waals surface area contributed by atoms with Gasteiger partial charge in [0.05, 0.1) is 5.41 Å². The van der Waals surface area contributed by atoms with Gasteiger partial charge in [-0.15, -0.1) is 0 Å². The monoisotopic (exact) mass is 401 g/mol. The Morgan fingerprint density at radius 2 is 1.86 bits per heavy atom. The zero-order valence-corrected chi connectivity index (χ0v) is 19.0. The molecule has 0 aromatic heterocycles. The minimum absolute atomic E-state index is 0.0164. The van der Waals surface area contributed by atoms with E-state index in [0.717, 1.165) is 70.0 Å². The lowest BCUT2D eigenvalue weighted by atomic mass is 9.40. The van der Waals surface area contributed by atoms with Gasteiger partial charge in [-0.3, -0.25) is 9.59 Å². The van der Waals surface area contributed by atoms with Crippen LogP contribution in [0.4, 0.5) is 0 Å². The third-order valence-electron chi connectivity index (χ3n) is 9.50. The van der Waals surface area contributed by atoms with Crippen molar-refractivity contribution in [3.8, 4) is 0 Å². The first kappa shape index (κ1) is 20.9. The zero-order chi connectivity index (χ0) is 21.2. The lowest BCUT2D eigenvalue weighted by Crippen LogP contribution is -2.59. The van der Waals surface area contributed by atoms with Crippen molar-refractivity contribution in [1.29, 1.82) is 0 Å². The molecule has 5 atom stereocenters. The van der Waals surface area contributed by atoms with Gasteiger partial charge in [0.2, 0.25) is 0 Å². The van der Waals surface area contributed by atoms with Gasteiger partial charge in [0.25, 0.3) is 5.91 Å². The maximum absolute atomic E-state index is 13.5. The van der Waals surface area contributed by atoms with E-state index in [9.17, 15) is 14.7 Å². The highest BCUT2D eigenvalue weighted by Crippen LogP contribution is 2.69. The van der Waals surface area contributed by atoms with Gasteiger partial charge in [0.1, 0.15) is 0 Å². The molecule has 4 rings (SSSR count). The summed E-state index contributed by atoms with van der Waals surface area (Å²) < 4.78 is 0. The molecular weight excluding hydrogens is 362 g/mol. The van der Waals surface area contributed by atoms with Gasteiger partial charge < -0.3 is 10.0 Å². The van der Waals surface area contributed by atoms with E-state index < -0.39 is 11.4 Å². The number of carbonyl (C=O) groups is 2. The Bertz CT molecular complexity index is 755. The molecule has 0 aromatic rings. The molecule has 1 N–H and O–H groups in total. The van der Waals surface area contributed by atoms with E-state index in [4.69, 9.17) is 0 Å². The Balaban J connectivity index is 1.66. The van der Waals surface area contributed by atoms with Crippen LogP contribution in [0.1, 0.15) is 86.0 Å². The van der Waals surface area contributed by atoms with Crippen molar-refractivity contribution in [3.05, 3.63) is 11.1 Å². The Morgan fingerprint density at radius 1 is 1.14 bits per heavy atom. The molecular formula is C25H39NO3. The average molecular weight is 402 g/mol. The van der Waals surface area contributed by atoms with E-state index in [1.165, 1.54) is 5.57 Å². The number of hydrogen-bond donors (Lipinski definition) is 1. The highest BCUT2D eigenvalue weighted by Gasteiger charge is 2.64.